The van der Waals surface area contributed by atoms with Crippen LogP contribution in [0, 0.1) is 12.8 Å². The number of benzene rings is 1. The molecule has 3 atom stereocenters. The number of ketones is 1. The van der Waals surface area contributed by atoms with E-state index in [1.165, 1.54) is 5.56 Å². The van der Waals surface area contributed by atoms with E-state index in [4.69, 9.17) is 9.47 Å². The first-order valence-corrected chi connectivity index (χ1v) is 7.80. The number of aryl methyl sites for hydroxylation is 1. The summed E-state index contributed by atoms with van der Waals surface area (Å²) in [6.45, 7) is 8.68. The molecule has 0 saturated carbocycles. The molecule has 3 nitrogen and oxygen atoms in total. The van der Waals surface area contributed by atoms with Gasteiger partial charge in [-0.15, -0.1) is 0 Å². The van der Waals surface area contributed by atoms with Gasteiger partial charge in [0.15, 0.2) is 5.78 Å². The lowest BCUT2D eigenvalue weighted by Crippen LogP contribution is -2.48. The van der Waals surface area contributed by atoms with Crippen molar-refractivity contribution in [1.82, 2.24) is 0 Å². The zero-order valence-corrected chi connectivity index (χ0v) is 13.3. The summed E-state index contributed by atoms with van der Waals surface area (Å²) in [5.74, 6) is 0.332. The first-order valence-electron chi connectivity index (χ1n) is 7.80. The molecule has 3 heteroatoms. The molecule has 2 fully saturated rings. The number of hydrogen-bond donors (Lipinski definition) is 0. The van der Waals surface area contributed by atoms with E-state index in [9.17, 15) is 4.79 Å². The van der Waals surface area contributed by atoms with Gasteiger partial charge < -0.3 is 9.47 Å². The number of hydrogen-bond acceptors (Lipinski definition) is 3. The lowest BCUT2D eigenvalue weighted by Gasteiger charge is -2.30. The summed E-state index contributed by atoms with van der Waals surface area (Å²) in [6.07, 6.45) is 1.29. The number of ether oxygens (including phenoxy) is 2. The minimum Gasteiger partial charge on any atom is -0.363 e. The van der Waals surface area contributed by atoms with Crippen LogP contribution >= 0.6 is 0 Å². The molecule has 2 bridgehead atoms. The molecule has 21 heavy (non-hydrogen) atoms. The fraction of sp³-hybridized carbons (Fsp3) is 0.611. The van der Waals surface area contributed by atoms with E-state index in [1.807, 2.05) is 19.1 Å². The predicted molar refractivity (Wildman–Crippen MR) is 81.1 cm³/mol. The molecule has 0 spiro atoms. The Balaban J connectivity index is 1.78. The second kappa shape index (κ2) is 4.92. The Kier molecular flexibility index (Phi) is 3.45. The standard InChI is InChI=1S/C18H24O3/c1-12(2)18-10-9-17(4,21-18)16(15(18)19)20-11-14-8-6-5-7-13(14)3/h5-8,12,16H,9-11H2,1-4H3/t16-,17+,18+/m1/s1. The first kappa shape index (κ1) is 14.7. The summed E-state index contributed by atoms with van der Waals surface area (Å²) in [6, 6.07) is 8.13. The zero-order chi connectivity index (χ0) is 15.3. The van der Waals surface area contributed by atoms with Gasteiger partial charge >= 0.3 is 0 Å². The molecule has 2 heterocycles. The Morgan fingerprint density at radius 3 is 2.67 bits per heavy atom. The van der Waals surface area contributed by atoms with Crippen LogP contribution in [0.4, 0.5) is 0 Å². The molecule has 3 rings (SSSR count). The lowest BCUT2D eigenvalue weighted by molar-refractivity contribution is -0.139. The quantitative estimate of drug-likeness (QED) is 0.851. The third-order valence-electron chi connectivity index (χ3n) is 5.22. The van der Waals surface area contributed by atoms with Crippen LogP contribution in [0.1, 0.15) is 44.7 Å². The van der Waals surface area contributed by atoms with Crippen LogP contribution in [0.25, 0.3) is 0 Å². The first-order chi connectivity index (χ1) is 9.89. The van der Waals surface area contributed by atoms with Gasteiger partial charge in [-0.1, -0.05) is 38.1 Å². The monoisotopic (exact) mass is 288 g/mol. The van der Waals surface area contributed by atoms with Crippen molar-refractivity contribution in [3.8, 4) is 0 Å². The van der Waals surface area contributed by atoms with Crippen molar-refractivity contribution in [2.45, 2.75) is 64.4 Å². The molecule has 0 radical (unpaired) electrons. The van der Waals surface area contributed by atoms with Crippen molar-refractivity contribution in [2.24, 2.45) is 5.92 Å². The van der Waals surface area contributed by atoms with Gasteiger partial charge in [0, 0.05) is 0 Å². The second-order valence-corrected chi connectivity index (χ2v) is 6.94. The van der Waals surface area contributed by atoms with Crippen LogP contribution in [0.3, 0.4) is 0 Å². The summed E-state index contributed by atoms with van der Waals surface area (Å²) in [4.78, 5) is 12.8. The maximum atomic E-state index is 12.8. The highest BCUT2D eigenvalue weighted by atomic mass is 16.6. The Labute approximate surface area is 126 Å². The molecule has 1 aromatic rings. The summed E-state index contributed by atoms with van der Waals surface area (Å²) < 4.78 is 12.2. The molecule has 0 aliphatic carbocycles. The third-order valence-corrected chi connectivity index (χ3v) is 5.22. The van der Waals surface area contributed by atoms with Crippen molar-refractivity contribution < 1.29 is 14.3 Å². The fourth-order valence-corrected chi connectivity index (χ4v) is 3.70. The molecule has 0 aromatic heterocycles. The van der Waals surface area contributed by atoms with Gasteiger partial charge in [-0.2, -0.15) is 0 Å². The fourth-order valence-electron chi connectivity index (χ4n) is 3.70. The normalized spacial score (nSPS) is 34.9. The molecular weight excluding hydrogens is 264 g/mol. The molecule has 114 valence electrons. The van der Waals surface area contributed by atoms with E-state index in [2.05, 4.69) is 32.9 Å². The van der Waals surface area contributed by atoms with Crippen LogP contribution in [0.2, 0.25) is 0 Å². The Morgan fingerprint density at radius 1 is 1.33 bits per heavy atom. The van der Waals surface area contributed by atoms with Crippen LogP contribution in [-0.4, -0.2) is 23.1 Å². The highest BCUT2D eigenvalue weighted by Gasteiger charge is 2.66. The van der Waals surface area contributed by atoms with Crippen LogP contribution in [0.15, 0.2) is 24.3 Å². The van der Waals surface area contributed by atoms with Gasteiger partial charge in [-0.3, -0.25) is 4.79 Å². The minimum atomic E-state index is -0.620. The molecule has 0 amide bonds. The zero-order valence-electron chi connectivity index (χ0n) is 13.3. The molecule has 0 N–H and O–H groups in total. The van der Waals surface area contributed by atoms with Gasteiger partial charge in [0.1, 0.15) is 17.3 Å². The topological polar surface area (TPSA) is 35.5 Å². The molecule has 2 saturated heterocycles. The Hall–Kier alpha value is -1.19. The largest absolute Gasteiger partial charge is 0.363 e. The van der Waals surface area contributed by atoms with Crippen molar-refractivity contribution in [2.75, 3.05) is 0 Å². The van der Waals surface area contributed by atoms with E-state index in [0.29, 0.717) is 6.61 Å². The van der Waals surface area contributed by atoms with E-state index < -0.39 is 17.3 Å². The van der Waals surface area contributed by atoms with Crippen LogP contribution in [-0.2, 0) is 20.9 Å². The van der Waals surface area contributed by atoms with E-state index in [0.717, 1.165) is 18.4 Å². The van der Waals surface area contributed by atoms with Crippen molar-refractivity contribution in [3.63, 3.8) is 0 Å². The van der Waals surface area contributed by atoms with E-state index >= 15 is 0 Å². The summed E-state index contributed by atoms with van der Waals surface area (Å²) in [7, 11) is 0. The summed E-state index contributed by atoms with van der Waals surface area (Å²) in [5.41, 5.74) is 1.25. The van der Waals surface area contributed by atoms with Gasteiger partial charge in [-0.05, 0) is 43.7 Å². The Bertz CT molecular complexity index is 565. The average molecular weight is 288 g/mol. The third kappa shape index (κ3) is 2.14. The second-order valence-electron chi connectivity index (χ2n) is 6.94. The smallest absolute Gasteiger partial charge is 0.196 e. The van der Waals surface area contributed by atoms with Crippen molar-refractivity contribution >= 4 is 5.78 Å². The van der Waals surface area contributed by atoms with E-state index in [1.54, 1.807) is 0 Å². The number of carbonyl (C=O) groups excluding carboxylic acids is 1. The van der Waals surface area contributed by atoms with Crippen molar-refractivity contribution in [1.29, 1.82) is 0 Å². The Morgan fingerprint density at radius 2 is 2.05 bits per heavy atom. The molecular formula is C18H24O3. The number of fused-ring (bicyclic) bond motifs is 2. The van der Waals surface area contributed by atoms with Gasteiger partial charge in [-0.25, -0.2) is 0 Å². The number of Topliss-reactive ketones (excluding diaryl/α,β-unsaturated/α-hetero) is 1. The highest BCUT2D eigenvalue weighted by molar-refractivity contribution is 5.96. The maximum Gasteiger partial charge on any atom is 0.196 e. The van der Waals surface area contributed by atoms with E-state index in [-0.39, 0.29) is 11.7 Å². The van der Waals surface area contributed by atoms with Gasteiger partial charge in [0.2, 0.25) is 0 Å². The molecule has 2 aliphatic rings. The van der Waals surface area contributed by atoms with Gasteiger partial charge in [0.25, 0.3) is 0 Å². The predicted octanol–water partition coefficient (Wildman–Crippen LogP) is 3.43. The lowest BCUT2D eigenvalue weighted by atomic mass is 9.74. The molecule has 2 aliphatic heterocycles. The molecule has 1 aromatic carbocycles. The highest BCUT2D eigenvalue weighted by Crippen LogP contribution is 2.52. The number of rotatable bonds is 4. The SMILES string of the molecule is Cc1ccccc1CO[C@@H]1C(=O)[C@@]2(C(C)C)CC[C@]1(C)O2. The number of carbonyl (C=O) groups is 1. The minimum absolute atomic E-state index is 0.139. The van der Waals surface area contributed by atoms with Gasteiger partial charge in [0.05, 0.1) is 6.61 Å². The summed E-state index contributed by atoms with van der Waals surface area (Å²) in [5, 5.41) is 0. The van der Waals surface area contributed by atoms with Crippen LogP contribution in [0.5, 0.6) is 0 Å². The average Bonchev–Trinajstić information content (AvgIpc) is 2.90. The van der Waals surface area contributed by atoms with Crippen molar-refractivity contribution in [3.05, 3.63) is 35.4 Å². The van der Waals surface area contributed by atoms with Crippen LogP contribution < -0.4 is 0 Å². The summed E-state index contributed by atoms with van der Waals surface area (Å²) >= 11 is 0. The molecule has 0 unspecified atom stereocenters. The maximum absolute atomic E-state index is 12.8.